The highest BCUT2D eigenvalue weighted by Gasteiger charge is 2.23. The number of benzene rings is 3. The zero-order valence-corrected chi connectivity index (χ0v) is 18.7. The second kappa shape index (κ2) is 9.92. The third kappa shape index (κ3) is 5.26. The zero-order chi connectivity index (χ0) is 22.5. The number of rotatable bonds is 6. The Kier molecular flexibility index (Phi) is 6.40. The molecule has 1 fully saturated rings. The molecule has 5 heteroatoms. The highest BCUT2D eigenvalue weighted by atomic mass is 16.5. The van der Waals surface area contributed by atoms with Crippen molar-refractivity contribution in [2.24, 2.45) is 0 Å². The number of furan rings is 1. The Balaban J connectivity index is 1.16. The molecule has 3 aromatic carbocycles. The van der Waals surface area contributed by atoms with Crippen molar-refractivity contribution in [2.45, 2.75) is 19.6 Å². The minimum Gasteiger partial charge on any atom is -0.486 e. The predicted octanol–water partition coefficient (Wildman–Crippen LogP) is 5.36. The molecule has 0 spiro atoms. The number of carbonyl (C=O) groups excluding carboxylic acids is 1. The normalized spacial score (nSPS) is 14.8. The van der Waals surface area contributed by atoms with Gasteiger partial charge >= 0.3 is 0 Å². The number of nitrogens with zero attached hydrogens (tertiary/aromatic N) is 2. The molecule has 0 unspecified atom stereocenters. The Hall–Kier alpha value is -3.57. The Morgan fingerprint density at radius 1 is 0.818 bits per heavy atom. The van der Waals surface area contributed by atoms with Crippen LogP contribution in [0.3, 0.4) is 0 Å². The van der Waals surface area contributed by atoms with Crippen LogP contribution in [0.5, 0.6) is 5.75 Å². The molecule has 0 aliphatic carbocycles. The van der Waals surface area contributed by atoms with Crippen molar-refractivity contribution in [3.63, 3.8) is 0 Å². The molecule has 5 rings (SSSR count). The molecule has 1 aliphatic heterocycles. The smallest absolute Gasteiger partial charge is 0.289 e. The van der Waals surface area contributed by atoms with Crippen LogP contribution in [-0.2, 0) is 13.2 Å². The monoisotopic (exact) mass is 440 g/mol. The molecule has 0 radical (unpaired) electrons. The van der Waals surface area contributed by atoms with Crippen LogP contribution < -0.4 is 4.74 Å². The van der Waals surface area contributed by atoms with Crippen molar-refractivity contribution in [1.82, 2.24) is 9.80 Å². The molecule has 168 valence electrons. The summed E-state index contributed by atoms with van der Waals surface area (Å²) < 4.78 is 11.7. The molecule has 0 bridgehead atoms. The molecule has 4 aromatic rings. The molecule has 1 amide bonds. The van der Waals surface area contributed by atoms with E-state index in [-0.39, 0.29) is 12.5 Å². The Morgan fingerprint density at radius 2 is 1.64 bits per heavy atom. The van der Waals surface area contributed by atoms with Crippen LogP contribution >= 0.6 is 0 Å². The van der Waals surface area contributed by atoms with Gasteiger partial charge in [0.05, 0.1) is 0 Å². The number of hydrogen-bond donors (Lipinski definition) is 0. The average Bonchev–Trinajstić information content (AvgIpc) is 3.22. The summed E-state index contributed by atoms with van der Waals surface area (Å²) in [5.41, 5.74) is 1.30. The van der Waals surface area contributed by atoms with Crippen molar-refractivity contribution in [3.05, 3.63) is 102 Å². The van der Waals surface area contributed by atoms with Gasteiger partial charge in [0.2, 0.25) is 0 Å². The molecule has 5 nitrogen and oxygen atoms in total. The molecule has 33 heavy (non-hydrogen) atoms. The number of hydrogen-bond acceptors (Lipinski definition) is 4. The summed E-state index contributed by atoms with van der Waals surface area (Å²) in [5, 5.41) is 2.31. The lowest BCUT2D eigenvalue weighted by Gasteiger charge is -2.21. The second-order valence-corrected chi connectivity index (χ2v) is 8.47. The maximum absolute atomic E-state index is 13.0. The summed E-state index contributed by atoms with van der Waals surface area (Å²) in [6.45, 7) is 4.50. The third-order valence-electron chi connectivity index (χ3n) is 6.10. The third-order valence-corrected chi connectivity index (χ3v) is 6.10. The van der Waals surface area contributed by atoms with E-state index in [1.807, 2.05) is 47.4 Å². The lowest BCUT2D eigenvalue weighted by Crippen LogP contribution is -2.34. The quantitative estimate of drug-likeness (QED) is 0.405. The highest BCUT2D eigenvalue weighted by Crippen LogP contribution is 2.22. The maximum atomic E-state index is 13.0. The van der Waals surface area contributed by atoms with E-state index in [1.54, 1.807) is 6.07 Å². The second-order valence-electron chi connectivity index (χ2n) is 8.47. The first-order chi connectivity index (χ1) is 16.2. The van der Waals surface area contributed by atoms with Gasteiger partial charge in [-0.15, -0.1) is 0 Å². The zero-order valence-electron chi connectivity index (χ0n) is 18.7. The van der Waals surface area contributed by atoms with E-state index in [2.05, 4.69) is 41.3 Å². The van der Waals surface area contributed by atoms with Crippen LogP contribution in [0, 0.1) is 0 Å². The van der Waals surface area contributed by atoms with Crippen LogP contribution in [0.4, 0.5) is 0 Å². The van der Waals surface area contributed by atoms with Crippen molar-refractivity contribution in [1.29, 1.82) is 0 Å². The fourth-order valence-corrected chi connectivity index (χ4v) is 4.31. The minimum atomic E-state index is -0.0477. The van der Waals surface area contributed by atoms with E-state index in [9.17, 15) is 4.79 Å². The molecule has 0 saturated carbocycles. The number of ether oxygens (including phenoxy) is 1. The molecule has 1 aliphatic rings. The van der Waals surface area contributed by atoms with Crippen molar-refractivity contribution >= 4 is 16.7 Å². The maximum Gasteiger partial charge on any atom is 0.289 e. The topological polar surface area (TPSA) is 45.9 Å². The van der Waals surface area contributed by atoms with Crippen LogP contribution in [0.1, 0.15) is 28.3 Å². The van der Waals surface area contributed by atoms with Crippen LogP contribution in [0.25, 0.3) is 10.8 Å². The lowest BCUT2D eigenvalue weighted by atomic mass is 10.1. The van der Waals surface area contributed by atoms with E-state index < -0.39 is 0 Å². The van der Waals surface area contributed by atoms with E-state index in [0.29, 0.717) is 18.1 Å². The Morgan fingerprint density at radius 3 is 2.52 bits per heavy atom. The first-order valence-corrected chi connectivity index (χ1v) is 11.5. The number of carbonyl (C=O) groups is 1. The number of fused-ring (bicyclic) bond motifs is 1. The molecule has 1 saturated heterocycles. The first-order valence-electron chi connectivity index (χ1n) is 11.5. The van der Waals surface area contributed by atoms with Gasteiger partial charge in [-0.3, -0.25) is 9.69 Å². The van der Waals surface area contributed by atoms with Crippen molar-refractivity contribution in [2.75, 3.05) is 26.2 Å². The minimum absolute atomic E-state index is 0.0477. The molecular formula is C28H28N2O3. The van der Waals surface area contributed by atoms with Crippen molar-refractivity contribution < 1.29 is 13.9 Å². The van der Waals surface area contributed by atoms with Gasteiger partial charge in [-0.2, -0.15) is 0 Å². The molecule has 2 heterocycles. The van der Waals surface area contributed by atoms with Gasteiger partial charge in [0, 0.05) is 32.7 Å². The average molecular weight is 441 g/mol. The molecular weight excluding hydrogens is 412 g/mol. The first kappa shape index (κ1) is 21.3. The van der Waals surface area contributed by atoms with Crippen LogP contribution in [0.2, 0.25) is 0 Å². The Bertz CT molecular complexity index is 1220. The Labute approximate surface area is 194 Å². The van der Waals surface area contributed by atoms with Gasteiger partial charge in [0.25, 0.3) is 5.91 Å². The van der Waals surface area contributed by atoms with E-state index in [1.165, 1.54) is 10.9 Å². The number of amides is 1. The van der Waals surface area contributed by atoms with Gasteiger partial charge < -0.3 is 14.1 Å². The van der Waals surface area contributed by atoms with Gasteiger partial charge in [-0.25, -0.2) is 0 Å². The highest BCUT2D eigenvalue weighted by molar-refractivity contribution is 5.91. The summed E-state index contributed by atoms with van der Waals surface area (Å²) in [6, 6.07) is 28.3. The van der Waals surface area contributed by atoms with Crippen LogP contribution in [-0.4, -0.2) is 41.9 Å². The fraction of sp³-hybridized carbons (Fsp3) is 0.250. The lowest BCUT2D eigenvalue weighted by molar-refractivity contribution is 0.0725. The fourth-order valence-electron chi connectivity index (χ4n) is 4.31. The van der Waals surface area contributed by atoms with E-state index in [4.69, 9.17) is 9.15 Å². The van der Waals surface area contributed by atoms with Gasteiger partial charge in [-0.1, -0.05) is 60.7 Å². The SMILES string of the molecule is O=C(c1ccc(COc2ccc3ccccc3c2)o1)N1CCCN(Cc2ccccc2)CC1. The summed E-state index contributed by atoms with van der Waals surface area (Å²) >= 11 is 0. The molecule has 0 atom stereocenters. The molecule has 0 N–H and O–H groups in total. The summed E-state index contributed by atoms with van der Waals surface area (Å²) in [7, 11) is 0. The standard InChI is InChI=1S/C28H28N2O3/c31-28(30-16-6-15-29(17-18-30)20-22-7-2-1-3-8-22)27-14-13-26(33-27)21-32-25-12-11-23-9-4-5-10-24(23)19-25/h1-5,7-14,19H,6,15-18,20-21H2. The van der Waals surface area contributed by atoms with Crippen molar-refractivity contribution in [3.8, 4) is 5.75 Å². The summed E-state index contributed by atoms with van der Waals surface area (Å²) in [4.78, 5) is 17.3. The van der Waals surface area contributed by atoms with Gasteiger partial charge in [0.15, 0.2) is 5.76 Å². The van der Waals surface area contributed by atoms with E-state index in [0.717, 1.165) is 43.7 Å². The summed E-state index contributed by atoms with van der Waals surface area (Å²) in [5.74, 6) is 1.76. The predicted molar refractivity (Wildman–Crippen MR) is 129 cm³/mol. The van der Waals surface area contributed by atoms with Gasteiger partial charge in [-0.05, 0) is 47.0 Å². The van der Waals surface area contributed by atoms with E-state index >= 15 is 0 Å². The largest absolute Gasteiger partial charge is 0.486 e. The molecule has 1 aromatic heterocycles. The summed E-state index contributed by atoms with van der Waals surface area (Å²) in [6.07, 6.45) is 0.956. The van der Waals surface area contributed by atoms with Crippen LogP contribution in [0.15, 0.2) is 89.3 Å². The van der Waals surface area contributed by atoms with Gasteiger partial charge in [0.1, 0.15) is 18.1 Å².